The minimum absolute atomic E-state index is 0.0500. The molecular formula is C17H12O4. The lowest BCUT2D eigenvalue weighted by Gasteiger charge is -2.08. The van der Waals surface area contributed by atoms with Crippen LogP contribution in [0.25, 0.3) is 10.8 Å². The van der Waals surface area contributed by atoms with Crippen molar-refractivity contribution in [2.75, 3.05) is 0 Å². The lowest BCUT2D eigenvalue weighted by molar-refractivity contribution is 0.0694. The molecule has 0 aliphatic rings. The molecule has 1 aromatic heterocycles. The normalized spacial score (nSPS) is 10.7. The van der Waals surface area contributed by atoms with Gasteiger partial charge in [0.15, 0.2) is 0 Å². The number of fused-ring (bicyclic) bond motifs is 1. The predicted molar refractivity (Wildman–Crippen MR) is 78.7 cm³/mol. The molecule has 0 unspecified atom stereocenters. The Kier molecular flexibility index (Phi) is 3.28. The van der Waals surface area contributed by atoms with Crippen molar-refractivity contribution in [3.8, 4) is 0 Å². The molecule has 1 N–H and O–H groups in total. The first-order chi connectivity index (χ1) is 10.2. The Morgan fingerprint density at radius 3 is 2.24 bits per heavy atom. The van der Waals surface area contributed by atoms with E-state index < -0.39 is 11.6 Å². The maximum Gasteiger partial charge on any atom is 0.343 e. The highest BCUT2D eigenvalue weighted by atomic mass is 16.4. The van der Waals surface area contributed by atoms with E-state index in [-0.39, 0.29) is 23.1 Å². The van der Waals surface area contributed by atoms with Crippen molar-refractivity contribution in [2.45, 2.75) is 6.42 Å². The van der Waals surface area contributed by atoms with Crippen molar-refractivity contribution in [3.63, 3.8) is 0 Å². The molecule has 21 heavy (non-hydrogen) atoms. The van der Waals surface area contributed by atoms with Gasteiger partial charge >= 0.3 is 11.6 Å². The minimum Gasteiger partial charge on any atom is -0.478 e. The van der Waals surface area contributed by atoms with E-state index >= 15 is 0 Å². The third-order valence-electron chi connectivity index (χ3n) is 3.33. The molecule has 0 aliphatic carbocycles. The fourth-order valence-electron chi connectivity index (χ4n) is 2.39. The zero-order valence-corrected chi connectivity index (χ0v) is 11.1. The Morgan fingerprint density at radius 2 is 1.57 bits per heavy atom. The highest BCUT2D eigenvalue weighted by molar-refractivity contribution is 6.03. The molecular weight excluding hydrogens is 268 g/mol. The van der Waals surface area contributed by atoms with Gasteiger partial charge in [0.05, 0.1) is 5.39 Å². The van der Waals surface area contributed by atoms with Gasteiger partial charge in [0.2, 0.25) is 0 Å². The molecule has 3 rings (SSSR count). The summed E-state index contributed by atoms with van der Waals surface area (Å²) in [5.74, 6) is -0.918. The maximum absolute atomic E-state index is 12.0. The van der Waals surface area contributed by atoms with Crippen molar-refractivity contribution >= 4 is 16.7 Å². The number of hydrogen-bond donors (Lipinski definition) is 1. The summed E-state index contributed by atoms with van der Waals surface area (Å²) in [6, 6.07) is 15.9. The Morgan fingerprint density at radius 1 is 0.952 bits per heavy atom. The molecule has 4 nitrogen and oxygen atoms in total. The van der Waals surface area contributed by atoms with Crippen LogP contribution in [0.1, 0.15) is 21.7 Å². The van der Waals surface area contributed by atoms with Crippen LogP contribution in [-0.2, 0) is 6.42 Å². The first-order valence-corrected chi connectivity index (χ1v) is 6.49. The van der Waals surface area contributed by atoms with Gasteiger partial charge in [-0.1, -0.05) is 48.5 Å². The smallest absolute Gasteiger partial charge is 0.343 e. The van der Waals surface area contributed by atoms with E-state index in [2.05, 4.69) is 0 Å². The lowest BCUT2D eigenvalue weighted by Crippen LogP contribution is -2.11. The van der Waals surface area contributed by atoms with Crippen molar-refractivity contribution in [3.05, 3.63) is 81.9 Å². The molecule has 4 heteroatoms. The Hall–Kier alpha value is -2.88. The second-order valence-electron chi connectivity index (χ2n) is 4.70. The third kappa shape index (κ3) is 2.43. The van der Waals surface area contributed by atoms with Crippen LogP contribution >= 0.6 is 0 Å². The van der Waals surface area contributed by atoms with E-state index in [0.29, 0.717) is 5.39 Å². The number of rotatable bonds is 3. The Labute approximate surface area is 120 Å². The first-order valence-electron chi connectivity index (χ1n) is 6.49. The second kappa shape index (κ2) is 5.25. The molecule has 1 heterocycles. The number of hydrogen-bond acceptors (Lipinski definition) is 3. The van der Waals surface area contributed by atoms with Crippen molar-refractivity contribution in [2.24, 2.45) is 0 Å². The van der Waals surface area contributed by atoms with Crippen LogP contribution in [-0.4, -0.2) is 11.1 Å². The fourth-order valence-corrected chi connectivity index (χ4v) is 2.39. The molecule has 0 spiro atoms. The Bertz CT molecular complexity index is 863. The zero-order chi connectivity index (χ0) is 14.8. The first kappa shape index (κ1) is 13.1. The number of carboxylic acids is 1. The molecule has 104 valence electrons. The van der Waals surface area contributed by atoms with Crippen LogP contribution in [0.3, 0.4) is 0 Å². The van der Waals surface area contributed by atoms with Crippen molar-refractivity contribution < 1.29 is 14.3 Å². The second-order valence-corrected chi connectivity index (χ2v) is 4.70. The highest BCUT2D eigenvalue weighted by Crippen LogP contribution is 2.22. The van der Waals surface area contributed by atoms with Crippen LogP contribution in [0.5, 0.6) is 0 Å². The van der Waals surface area contributed by atoms with E-state index in [1.54, 1.807) is 24.3 Å². The highest BCUT2D eigenvalue weighted by Gasteiger charge is 2.19. The number of benzene rings is 2. The molecule has 0 saturated carbocycles. The SMILES string of the molecule is O=C(O)c1c(Cc2ccccc2)oc(=O)c2ccccc12. The van der Waals surface area contributed by atoms with E-state index in [0.717, 1.165) is 5.56 Å². The van der Waals surface area contributed by atoms with Crippen LogP contribution in [0.4, 0.5) is 0 Å². The third-order valence-corrected chi connectivity index (χ3v) is 3.33. The van der Waals surface area contributed by atoms with Gasteiger partial charge in [-0.15, -0.1) is 0 Å². The van der Waals surface area contributed by atoms with Crippen LogP contribution in [0.2, 0.25) is 0 Å². The fraction of sp³-hybridized carbons (Fsp3) is 0.0588. The maximum atomic E-state index is 12.0. The summed E-state index contributed by atoms with van der Waals surface area (Å²) < 4.78 is 5.25. The van der Waals surface area contributed by atoms with Crippen molar-refractivity contribution in [1.29, 1.82) is 0 Å². The van der Waals surface area contributed by atoms with Gasteiger partial charge in [-0.3, -0.25) is 0 Å². The molecule has 0 atom stereocenters. The summed E-state index contributed by atoms with van der Waals surface area (Å²) >= 11 is 0. The minimum atomic E-state index is -1.10. The average molecular weight is 280 g/mol. The van der Waals surface area contributed by atoms with Gasteiger partial charge in [0, 0.05) is 11.8 Å². The summed E-state index contributed by atoms with van der Waals surface area (Å²) in [6.45, 7) is 0. The monoisotopic (exact) mass is 280 g/mol. The van der Waals surface area contributed by atoms with Crippen LogP contribution in [0, 0.1) is 0 Å². The molecule has 0 amide bonds. The van der Waals surface area contributed by atoms with Crippen molar-refractivity contribution in [1.82, 2.24) is 0 Å². The summed E-state index contributed by atoms with van der Waals surface area (Å²) in [6.07, 6.45) is 0.266. The van der Waals surface area contributed by atoms with Gasteiger partial charge in [-0.05, 0) is 11.6 Å². The van der Waals surface area contributed by atoms with E-state index in [1.165, 1.54) is 0 Å². The van der Waals surface area contributed by atoms with Gasteiger partial charge in [-0.2, -0.15) is 0 Å². The quantitative estimate of drug-likeness (QED) is 0.800. The van der Waals surface area contributed by atoms with E-state index in [1.807, 2.05) is 30.3 Å². The Balaban J connectivity index is 2.25. The summed E-state index contributed by atoms with van der Waals surface area (Å²) in [7, 11) is 0. The van der Waals surface area contributed by atoms with Gasteiger partial charge in [0.1, 0.15) is 11.3 Å². The number of carbonyl (C=O) groups is 1. The molecule has 3 aromatic rings. The summed E-state index contributed by atoms with van der Waals surface area (Å²) in [4.78, 5) is 23.6. The standard InChI is InChI=1S/C17H12O4/c18-16(19)15-12-8-4-5-9-13(12)17(20)21-14(15)10-11-6-2-1-3-7-11/h1-9H,10H2,(H,18,19). The topological polar surface area (TPSA) is 67.5 Å². The summed E-state index contributed by atoms with van der Waals surface area (Å²) in [5, 5.41) is 10.2. The van der Waals surface area contributed by atoms with E-state index in [4.69, 9.17) is 4.42 Å². The molecule has 0 bridgehead atoms. The van der Waals surface area contributed by atoms with Gasteiger partial charge in [-0.25, -0.2) is 9.59 Å². The summed E-state index contributed by atoms with van der Waals surface area (Å²) in [5.41, 5.74) is 0.425. The molecule has 0 saturated heterocycles. The van der Waals surface area contributed by atoms with Gasteiger partial charge in [0.25, 0.3) is 0 Å². The van der Waals surface area contributed by atoms with Crippen LogP contribution in [0.15, 0.2) is 63.8 Å². The number of aromatic carboxylic acids is 1. The van der Waals surface area contributed by atoms with Crippen LogP contribution < -0.4 is 5.63 Å². The molecule has 0 radical (unpaired) electrons. The largest absolute Gasteiger partial charge is 0.478 e. The average Bonchev–Trinajstić information content (AvgIpc) is 2.48. The lowest BCUT2D eigenvalue weighted by atomic mass is 10.0. The molecule has 0 fully saturated rings. The predicted octanol–water partition coefficient (Wildman–Crippen LogP) is 3.08. The molecule has 0 aliphatic heterocycles. The zero-order valence-electron chi connectivity index (χ0n) is 11.1. The number of carboxylic acid groups (broad SMARTS) is 1. The van der Waals surface area contributed by atoms with Gasteiger partial charge < -0.3 is 9.52 Å². The molecule has 2 aromatic carbocycles. The van der Waals surface area contributed by atoms with E-state index in [9.17, 15) is 14.7 Å².